The normalized spacial score (nSPS) is 10.8. The highest BCUT2D eigenvalue weighted by atomic mass is 16.5. The van der Waals surface area contributed by atoms with Crippen LogP contribution in [-0.4, -0.2) is 19.2 Å². The van der Waals surface area contributed by atoms with Gasteiger partial charge in [-0.1, -0.05) is 42.5 Å². The summed E-state index contributed by atoms with van der Waals surface area (Å²) in [6.07, 6.45) is 0. The summed E-state index contributed by atoms with van der Waals surface area (Å²) in [4.78, 5) is 5.01. The van der Waals surface area contributed by atoms with Crippen LogP contribution in [0.15, 0.2) is 66.7 Å². The molecule has 0 amide bonds. The Balaban J connectivity index is 1.78. The van der Waals surface area contributed by atoms with Crippen molar-refractivity contribution in [1.29, 1.82) is 0 Å². The molecule has 0 spiro atoms. The molecule has 1 heterocycles. The van der Waals surface area contributed by atoms with Gasteiger partial charge in [-0.05, 0) is 48.7 Å². The van der Waals surface area contributed by atoms with Crippen molar-refractivity contribution in [3.8, 4) is 28.5 Å². The highest BCUT2D eigenvalue weighted by Gasteiger charge is 2.14. The third-order valence-electron chi connectivity index (χ3n) is 5.22. The zero-order chi connectivity index (χ0) is 21.1. The van der Waals surface area contributed by atoms with Crippen molar-refractivity contribution in [2.75, 3.05) is 14.2 Å². The summed E-state index contributed by atoms with van der Waals surface area (Å²) in [5.74, 6) is 2.22. The molecule has 4 rings (SSSR count). The molecule has 4 heteroatoms. The Bertz CT molecular complexity index is 1180. The van der Waals surface area contributed by atoms with Gasteiger partial charge in [0.1, 0.15) is 29.5 Å². The number of aryl methyl sites for hydroxylation is 2. The molecule has 0 unspecified atom stereocenters. The predicted octanol–water partition coefficient (Wildman–Crippen LogP) is 6.11. The van der Waals surface area contributed by atoms with E-state index in [9.17, 15) is 0 Å². The van der Waals surface area contributed by atoms with E-state index in [1.807, 2.05) is 36.4 Å². The van der Waals surface area contributed by atoms with E-state index in [1.165, 1.54) is 0 Å². The van der Waals surface area contributed by atoms with E-state index in [1.54, 1.807) is 14.2 Å². The molecule has 0 radical (unpaired) electrons. The zero-order valence-electron chi connectivity index (χ0n) is 17.7. The fourth-order valence-corrected chi connectivity index (χ4v) is 3.58. The lowest BCUT2D eigenvalue weighted by atomic mass is 10.0. The Morgan fingerprint density at radius 2 is 1.47 bits per heavy atom. The average molecular weight is 399 g/mol. The van der Waals surface area contributed by atoms with Crippen molar-refractivity contribution in [2.45, 2.75) is 20.5 Å². The van der Waals surface area contributed by atoms with E-state index in [2.05, 4.69) is 44.2 Å². The fraction of sp³-hybridized carbons (Fsp3) is 0.192. The molecule has 1 aromatic heterocycles. The van der Waals surface area contributed by atoms with Crippen molar-refractivity contribution in [2.24, 2.45) is 0 Å². The summed E-state index contributed by atoms with van der Waals surface area (Å²) in [5.41, 5.74) is 6.18. The van der Waals surface area contributed by atoms with Gasteiger partial charge in [-0.2, -0.15) is 0 Å². The largest absolute Gasteiger partial charge is 0.497 e. The van der Waals surface area contributed by atoms with Crippen LogP contribution < -0.4 is 14.2 Å². The molecule has 30 heavy (non-hydrogen) atoms. The van der Waals surface area contributed by atoms with Gasteiger partial charge in [0.05, 0.1) is 19.7 Å². The number of fused-ring (bicyclic) bond motifs is 1. The van der Waals surface area contributed by atoms with Gasteiger partial charge >= 0.3 is 0 Å². The van der Waals surface area contributed by atoms with E-state index >= 15 is 0 Å². The molecule has 4 aromatic rings. The number of rotatable bonds is 6. The smallest absolute Gasteiger partial charge is 0.146 e. The van der Waals surface area contributed by atoms with Crippen LogP contribution in [0.1, 0.15) is 16.7 Å². The number of aromatic nitrogens is 1. The van der Waals surface area contributed by atoms with E-state index in [-0.39, 0.29) is 0 Å². The molecule has 0 aliphatic heterocycles. The maximum Gasteiger partial charge on any atom is 0.146 e. The summed E-state index contributed by atoms with van der Waals surface area (Å²) in [6, 6.07) is 22.3. The Morgan fingerprint density at radius 3 is 2.17 bits per heavy atom. The van der Waals surface area contributed by atoms with Crippen LogP contribution in [0.4, 0.5) is 0 Å². The maximum absolute atomic E-state index is 6.31. The van der Waals surface area contributed by atoms with Gasteiger partial charge in [0, 0.05) is 17.0 Å². The summed E-state index contributed by atoms with van der Waals surface area (Å²) in [7, 11) is 3.29. The number of ether oxygens (including phenoxy) is 3. The van der Waals surface area contributed by atoms with E-state index in [4.69, 9.17) is 19.2 Å². The molecular formula is C26H25NO3. The third-order valence-corrected chi connectivity index (χ3v) is 5.22. The van der Waals surface area contributed by atoms with Crippen molar-refractivity contribution in [1.82, 2.24) is 4.98 Å². The lowest BCUT2D eigenvalue weighted by molar-refractivity contribution is 0.304. The second-order valence-electron chi connectivity index (χ2n) is 7.31. The van der Waals surface area contributed by atoms with Gasteiger partial charge in [0.15, 0.2) is 0 Å². The van der Waals surface area contributed by atoms with Crippen LogP contribution in [0, 0.1) is 13.8 Å². The molecule has 0 atom stereocenters. The van der Waals surface area contributed by atoms with Crippen LogP contribution in [0.25, 0.3) is 22.2 Å². The van der Waals surface area contributed by atoms with Gasteiger partial charge in [-0.3, -0.25) is 0 Å². The highest BCUT2D eigenvalue weighted by molar-refractivity contribution is 5.87. The molecule has 0 aliphatic carbocycles. The van der Waals surface area contributed by atoms with Crippen molar-refractivity contribution in [3.05, 3.63) is 83.4 Å². The lowest BCUT2D eigenvalue weighted by Crippen LogP contribution is -2.01. The number of nitrogens with zero attached hydrogens (tertiary/aromatic N) is 1. The predicted molar refractivity (Wildman–Crippen MR) is 121 cm³/mol. The molecule has 0 saturated heterocycles. The molecular weight excluding hydrogens is 374 g/mol. The first kappa shape index (κ1) is 19.8. The quantitative estimate of drug-likeness (QED) is 0.392. The minimum Gasteiger partial charge on any atom is -0.497 e. The number of hydrogen-bond acceptors (Lipinski definition) is 4. The van der Waals surface area contributed by atoms with Crippen LogP contribution in [0.2, 0.25) is 0 Å². The zero-order valence-corrected chi connectivity index (χ0v) is 17.7. The number of methoxy groups -OCH3 is 2. The standard InChI is InChI=1S/C26H25NO3/c1-17-8-5-6-11-23(17)26-24(14-20-10-7-9-18(2)25(20)27-26)30-16-19-12-21(28-3)15-22(13-19)29-4/h5-15H,16H2,1-4H3. The summed E-state index contributed by atoms with van der Waals surface area (Å²) in [6.45, 7) is 4.56. The SMILES string of the molecule is COc1cc(COc2cc3cccc(C)c3nc2-c2ccccc2C)cc(OC)c1. The van der Waals surface area contributed by atoms with Gasteiger partial charge < -0.3 is 14.2 Å². The molecule has 0 fully saturated rings. The Labute approximate surface area is 177 Å². The van der Waals surface area contributed by atoms with Crippen molar-refractivity contribution >= 4 is 10.9 Å². The number of pyridine rings is 1. The average Bonchev–Trinajstić information content (AvgIpc) is 2.77. The van der Waals surface area contributed by atoms with Gasteiger partial charge in [-0.25, -0.2) is 4.98 Å². The fourth-order valence-electron chi connectivity index (χ4n) is 3.58. The Hall–Kier alpha value is -3.53. The summed E-state index contributed by atoms with van der Waals surface area (Å²) >= 11 is 0. The van der Waals surface area contributed by atoms with Crippen molar-refractivity contribution in [3.63, 3.8) is 0 Å². The molecule has 0 aliphatic rings. The second-order valence-corrected chi connectivity index (χ2v) is 7.31. The molecule has 3 aromatic carbocycles. The van der Waals surface area contributed by atoms with Crippen LogP contribution in [0.3, 0.4) is 0 Å². The van der Waals surface area contributed by atoms with Crippen LogP contribution in [0.5, 0.6) is 17.2 Å². The molecule has 0 N–H and O–H groups in total. The van der Waals surface area contributed by atoms with Gasteiger partial charge in [0.2, 0.25) is 0 Å². The molecule has 4 nitrogen and oxygen atoms in total. The number of hydrogen-bond donors (Lipinski definition) is 0. The van der Waals surface area contributed by atoms with Crippen LogP contribution >= 0.6 is 0 Å². The maximum atomic E-state index is 6.31. The van der Waals surface area contributed by atoms with E-state index < -0.39 is 0 Å². The van der Waals surface area contributed by atoms with Crippen LogP contribution in [-0.2, 0) is 6.61 Å². The van der Waals surface area contributed by atoms with E-state index in [0.29, 0.717) is 6.61 Å². The third kappa shape index (κ3) is 3.94. The molecule has 0 bridgehead atoms. The minimum absolute atomic E-state index is 0.380. The number of para-hydroxylation sites is 1. The topological polar surface area (TPSA) is 40.6 Å². The van der Waals surface area contributed by atoms with Gasteiger partial charge in [-0.15, -0.1) is 0 Å². The van der Waals surface area contributed by atoms with E-state index in [0.717, 1.165) is 56.1 Å². The molecule has 152 valence electrons. The monoisotopic (exact) mass is 399 g/mol. The summed E-state index contributed by atoms with van der Waals surface area (Å²) < 4.78 is 17.1. The second kappa shape index (κ2) is 8.46. The first-order chi connectivity index (χ1) is 14.6. The highest BCUT2D eigenvalue weighted by Crippen LogP contribution is 2.35. The lowest BCUT2D eigenvalue weighted by Gasteiger charge is -2.15. The first-order valence-electron chi connectivity index (χ1n) is 9.90. The number of benzene rings is 3. The minimum atomic E-state index is 0.380. The Kier molecular flexibility index (Phi) is 5.57. The van der Waals surface area contributed by atoms with Gasteiger partial charge in [0.25, 0.3) is 0 Å². The van der Waals surface area contributed by atoms with Crippen molar-refractivity contribution < 1.29 is 14.2 Å². The summed E-state index contributed by atoms with van der Waals surface area (Å²) in [5, 5.41) is 1.06. The molecule has 0 saturated carbocycles. The first-order valence-corrected chi connectivity index (χ1v) is 9.90. The Morgan fingerprint density at radius 1 is 0.767 bits per heavy atom.